The second kappa shape index (κ2) is 6.32. The number of carbonyl (C=O) groups excluding carboxylic acids is 2. The smallest absolute Gasteiger partial charge is 0.294 e. The molecule has 1 atom stereocenters. The molecular formula is C19H17NO5. The van der Waals surface area contributed by atoms with Crippen molar-refractivity contribution in [1.82, 2.24) is 0 Å². The molecule has 1 aliphatic heterocycles. The first-order chi connectivity index (χ1) is 11.9. The predicted molar refractivity (Wildman–Crippen MR) is 91.7 cm³/mol. The van der Waals surface area contributed by atoms with Crippen molar-refractivity contribution in [2.75, 3.05) is 12.0 Å². The number of hydrogen-bond acceptors (Lipinski definition) is 5. The summed E-state index contributed by atoms with van der Waals surface area (Å²) in [4.78, 5) is 26.0. The first-order valence-electron chi connectivity index (χ1n) is 7.64. The predicted octanol–water partition coefficient (Wildman–Crippen LogP) is 2.89. The Bertz CT molecular complexity index is 852. The van der Waals surface area contributed by atoms with Gasteiger partial charge in [-0.15, -0.1) is 0 Å². The van der Waals surface area contributed by atoms with Crippen LogP contribution in [0.5, 0.6) is 11.5 Å². The SMILES string of the molecule is COc1ccc([C@H]2C(C(C)=O)=C(O)C(=O)N2c2ccc(O)cc2)cc1. The van der Waals surface area contributed by atoms with Gasteiger partial charge in [-0.2, -0.15) is 0 Å². The number of anilines is 1. The lowest BCUT2D eigenvalue weighted by atomic mass is 9.96. The normalized spacial score (nSPS) is 17.1. The molecule has 2 N–H and O–H groups in total. The molecule has 3 rings (SSSR count). The highest BCUT2D eigenvalue weighted by atomic mass is 16.5. The van der Waals surface area contributed by atoms with E-state index < -0.39 is 17.7 Å². The molecule has 0 saturated carbocycles. The summed E-state index contributed by atoms with van der Waals surface area (Å²) in [6.07, 6.45) is 0. The van der Waals surface area contributed by atoms with Crippen LogP contribution in [0.25, 0.3) is 0 Å². The molecule has 6 nitrogen and oxygen atoms in total. The molecule has 2 aromatic carbocycles. The van der Waals surface area contributed by atoms with Crippen molar-refractivity contribution in [3.8, 4) is 11.5 Å². The van der Waals surface area contributed by atoms with Crippen LogP contribution in [-0.2, 0) is 9.59 Å². The highest BCUT2D eigenvalue weighted by Crippen LogP contribution is 2.41. The topological polar surface area (TPSA) is 87.1 Å². The van der Waals surface area contributed by atoms with E-state index in [9.17, 15) is 19.8 Å². The van der Waals surface area contributed by atoms with Gasteiger partial charge in [0.1, 0.15) is 11.5 Å². The average molecular weight is 339 g/mol. The Kier molecular flexibility index (Phi) is 4.19. The monoisotopic (exact) mass is 339 g/mol. The van der Waals surface area contributed by atoms with E-state index in [1.54, 1.807) is 43.5 Å². The Morgan fingerprint density at radius 3 is 2.16 bits per heavy atom. The van der Waals surface area contributed by atoms with E-state index in [0.29, 0.717) is 17.0 Å². The second-order valence-corrected chi connectivity index (χ2v) is 5.69. The van der Waals surface area contributed by atoms with Gasteiger partial charge in [-0.25, -0.2) is 0 Å². The number of ketones is 1. The van der Waals surface area contributed by atoms with E-state index in [1.807, 2.05) is 0 Å². The minimum atomic E-state index is -0.750. The Hall–Kier alpha value is -3.28. The molecule has 0 saturated heterocycles. The molecule has 0 bridgehead atoms. The van der Waals surface area contributed by atoms with Crippen LogP contribution < -0.4 is 9.64 Å². The fourth-order valence-electron chi connectivity index (χ4n) is 2.95. The highest BCUT2D eigenvalue weighted by Gasteiger charge is 2.43. The maximum absolute atomic E-state index is 12.6. The lowest BCUT2D eigenvalue weighted by molar-refractivity contribution is -0.117. The summed E-state index contributed by atoms with van der Waals surface area (Å²) in [6, 6.07) is 12.2. The molecule has 0 radical (unpaired) electrons. The summed E-state index contributed by atoms with van der Waals surface area (Å²) in [5.41, 5.74) is 1.17. The first kappa shape index (κ1) is 16.6. The number of phenolic OH excluding ortho intramolecular Hbond substituents is 1. The van der Waals surface area contributed by atoms with E-state index in [0.717, 1.165) is 0 Å². The lowest BCUT2D eigenvalue weighted by Crippen LogP contribution is -2.30. The van der Waals surface area contributed by atoms with Gasteiger partial charge in [0.05, 0.1) is 18.7 Å². The number of aromatic hydroxyl groups is 1. The van der Waals surface area contributed by atoms with E-state index in [-0.39, 0.29) is 17.1 Å². The van der Waals surface area contributed by atoms with Crippen molar-refractivity contribution >= 4 is 17.4 Å². The molecule has 0 aliphatic carbocycles. The number of ether oxygens (including phenoxy) is 1. The molecule has 6 heteroatoms. The molecule has 0 unspecified atom stereocenters. The summed E-state index contributed by atoms with van der Waals surface area (Å²) < 4.78 is 5.14. The third-order valence-electron chi connectivity index (χ3n) is 4.15. The minimum Gasteiger partial charge on any atom is -0.508 e. The Balaban J connectivity index is 2.13. The van der Waals surface area contributed by atoms with Crippen molar-refractivity contribution in [2.24, 2.45) is 0 Å². The third-order valence-corrected chi connectivity index (χ3v) is 4.15. The molecule has 0 spiro atoms. The second-order valence-electron chi connectivity index (χ2n) is 5.69. The van der Waals surface area contributed by atoms with E-state index >= 15 is 0 Å². The molecule has 1 amide bonds. The summed E-state index contributed by atoms with van der Waals surface area (Å²) in [5, 5.41) is 19.7. The Morgan fingerprint density at radius 1 is 1.04 bits per heavy atom. The molecule has 1 aliphatic rings. The van der Waals surface area contributed by atoms with Crippen molar-refractivity contribution in [3.63, 3.8) is 0 Å². The van der Waals surface area contributed by atoms with Crippen molar-refractivity contribution in [3.05, 3.63) is 65.4 Å². The van der Waals surface area contributed by atoms with Gasteiger partial charge in [-0.3, -0.25) is 14.5 Å². The minimum absolute atomic E-state index is 0.0447. The average Bonchev–Trinajstić information content (AvgIpc) is 2.87. The molecular weight excluding hydrogens is 322 g/mol. The number of benzene rings is 2. The summed E-state index contributed by atoms with van der Waals surface area (Å²) in [7, 11) is 1.55. The molecule has 0 fully saturated rings. The van der Waals surface area contributed by atoms with Gasteiger partial charge in [-0.05, 0) is 48.9 Å². The Morgan fingerprint density at radius 2 is 1.64 bits per heavy atom. The van der Waals surface area contributed by atoms with Crippen LogP contribution in [0, 0.1) is 0 Å². The van der Waals surface area contributed by atoms with Gasteiger partial charge >= 0.3 is 0 Å². The Labute approximate surface area is 144 Å². The van der Waals surface area contributed by atoms with Crippen LogP contribution in [0.3, 0.4) is 0 Å². The summed E-state index contributed by atoms with van der Waals surface area (Å²) in [5.74, 6) is -0.895. The van der Waals surface area contributed by atoms with Crippen molar-refractivity contribution in [1.29, 1.82) is 0 Å². The molecule has 1 heterocycles. The van der Waals surface area contributed by atoms with Crippen LogP contribution in [-0.4, -0.2) is 29.0 Å². The van der Waals surface area contributed by atoms with Crippen molar-refractivity contribution < 1.29 is 24.5 Å². The lowest BCUT2D eigenvalue weighted by Gasteiger charge is -2.26. The number of methoxy groups -OCH3 is 1. The number of hydrogen-bond donors (Lipinski definition) is 2. The maximum Gasteiger partial charge on any atom is 0.294 e. The van der Waals surface area contributed by atoms with E-state index in [1.165, 1.54) is 24.0 Å². The van der Waals surface area contributed by atoms with Gasteiger partial charge in [0.2, 0.25) is 0 Å². The van der Waals surface area contributed by atoms with Gasteiger partial charge in [-0.1, -0.05) is 12.1 Å². The quantitative estimate of drug-likeness (QED) is 0.894. The van der Waals surface area contributed by atoms with Crippen molar-refractivity contribution in [2.45, 2.75) is 13.0 Å². The summed E-state index contributed by atoms with van der Waals surface area (Å²) >= 11 is 0. The fraction of sp³-hybridized carbons (Fsp3) is 0.158. The maximum atomic E-state index is 12.6. The number of carbonyl (C=O) groups is 2. The fourth-order valence-corrected chi connectivity index (χ4v) is 2.95. The van der Waals surface area contributed by atoms with Crippen LogP contribution in [0.4, 0.5) is 5.69 Å². The first-order valence-corrected chi connectivity index (χ1v) is 7.64. The van der Waals surface area contributed by atoms with Gasteiger partial charge in [0, 0.05) is 5.69 Å². The molecule has 25 heavy (non-hydrogen) atoms. The van der Waals surface area contributed by atoms with E-state index in [4.69, 9.17) is 4.74 Å². The zero-order valence-corrected chi connectivity index (χ0v) is 13.8. The highest BCUT2D eigenvalue weighted by molar-refractivity contribution is 6.16. The van der Waals surface area contributed by atoms with Crippen LogP contribution in [0.1, 0.15) is 18.5 Å². The molecule has 0 aromatic heterocycles. The number of phenols is 1. The zero-order valence-electron chi connectivity index (χ0n) is 13.8. The standard InChI is InChI=1S/C19H17NO5/c1-11(21)16-17(12-3-9-15(25-2)10-4-12)20(19(24)18(16)23)13-5-7-14(22)8-6-13/h3-10,17,22-23H,1-2H3/t17-/m0/s1. The van der Waals surface area contributed by atoms with Gasteiger partial charge in [0.15, 0.2) is 11.5 Å². The number of aliphatic hydroxyl groups is 1. The van der Waals surface area contributed by atoms with E-state index in [2.05, 4.69) is 0 Å². The molecule has 128 valence electrons. The number of amides is 1. The number of nitrogens with zero attached hydrogens (tertiary/aromatic N) is 1. The summed E-state index contributed by atoms with van der Waals surface area (Å²) in [6.45, 7) is 1.32. The number of aliphatic hydroxyl groups excluding tert-OH is 1. The van der Waals surface area contributed by atoms with Crippen LogP contribution >= 0.6 is 0 Å². The largest absolute Gasteiger partial charge is 0.508 e. The molecule has 2 aromatic rings. The van der Waals surface area contributed by atoms with Gasteiger partial charge in [0.25, 0.3) is 5.91 Å². The van der Waals surface area contributed by atoms with Gasteiger partial charge < -0.3 is 14.9 Å². The van der Waals surface area contributed by atoms with Crippen LogP contribution in [0.15, 0.2) is 59.9 Å². The third kappa shape index (κ3) is 2.82. The number of Topliss-reactive ketones (excluding diaryl/α,β-unsaturated/α-hetero) is 1. The zero-order chi connectivity index (χ0) is 18.1. The number of rotatable bonds is 4. The van der Waals surface area contributed by atoms with Crippen LogP contribution in [0.2, 0.25) is 0 Å².